The van der Waals surface area contributed by atoms with Gasteiger partial charge >= 0.3 is 24.1 Å². The van der Waals surface area contributed by atoms with Gasteiger partial charge < -0.3 is 38.1 Å². The molecule has 3 aliphatic rings. The van der Waals surface area contributed by atoms with E-state index in [1.807, 2.05) is 27.7 Å². The van der Waals surface area contributed by atoms with Crippen LogP contribution in [0, 0.1) is 23.2 Å². The number of rotatable bonds is 30. The molecule has 19 heteroatoms. The highest BCUT2D eigenvalue weighted by atomic mass is 33.1. The van der Waals surface area contributed by atoms with Crippen LogP contribution < -0.4 is 4.74 Å². The Morgan fingerprint density at radius 3 is 2.10 bits per heavy atom. The number of nitrogens with zero attached hydrogens (tertiary/aromatic N) is 1. The standard InChI is InChI=1S/C44H68F9NO7S2/c1-40-17-16-36-35-13-11-34(59-25-24-57-21-6-18-54(2)19-7-27-62-63-28-26-58-20-5-9-32(30-55-3)31-56-4)29-33(35)10-12-37(36)38(40)14-15-39(40)60-22-8-23-61-41(42(45,46)47,43(48,49)50)44(51,52)53/h11,13,29,32,36-39H,5-10,12,14-28,30-31H2,1-4H3. The summed E-state index contributed by atoms with van der Waals surface area (Å²) in [6, 6.07) is 6.29. The van der Waals surface area contributed by atoms with Crippen LogP contribution in [0.15, 0.2) is 18.2 Å². The second-order valence-corrected chi connectivity index (χ2v) is 20.0. The molecule has 0 aliphatic heterocycles. The summed E-state index contributed by atoms with van der Waals surface area (Å²) in [5.74, 6) is 4.35. The van der Waals surface area contributed by atoms with Crippen LogP contribution in [0.2, 0.25) is 0 Å². The number of benzene rings is 1. The van der Waals surface area contributed by atoms with Gasteiger partial charge in [-0.05, 0) is 131 Å². The summed E-state index contributed by atoms with van der Waals surface area (Å²) in [5, 5.41) is 0. The van der Waals surface area contributed by atoms with Crippen molar-refractivity contribution < 1.29 is 72.7 Å². The van der Waals surface area contributed by atoms with E-state index in [2.05, 4.69) is 35.7 Å². The maximum atomic E-state index is 13.2. The molecule has 0 N–H and O–H groups in total. The summed E-state index contributed by atoms with van der Waals surface area (Å²) in [5.41, 5.74) is -3.95. The van der Waals surface area contributed by atoms with Crippen molar-refractivity contribution in [1.29, 1.82) is 0 Å². The van der Waals surface area contributed by atoms with Gasteiger partial charge in [0.05, 0.1) is 39.1 Å². The number of halogens is 9. The summed E-state index contributed by atoms with van der Waals surface area (Å²) < 4.78 is 157. The predicted molar refractivity (Wildman–Crippen MR) is 228 cm³/mol. The van der Waals surface area contributed by atoms with E-state index in [1.165, 1.54) is 11.1 Å². The molecule has 5 unspecified atom stereocenters. The van der Waals surface area contributed by atoms with Crippen LogP contribution in [0.5, 0.6) is 5.75 Å². The van der Waals surface area contributed by atoms with Gasteiger partial charge in [-0.3, -0.25) is 0 Å². The lowest BCUT2D eigenvalue weighted by Crippen LogP contribution is -2.67. The number of methoxy groups -OCH3 is 2. The lowest BCUT2D eigenvalue weighted by molar-refractivity contribution is -0.457. The second-order valence-electron chi connectivity index (χ2n) is 17.3. The maximum absolute atomic E-state index is 13.2. The van der Waals surface area contributed by atoms with E-state index in [1.54, 1.807) is 14.2 Å². The van der Waals surface area contributed by atoms with E-state index in [-0.39, 0.29) is 18.1 Å². The van der Waals surface area contributed by atoms with Crippen molar-refractivity contribution in [3.05, 3.63) is 29.3 Å². The van der Waals surface area contributed by atoms with Crippen molar-refractivity contribution in [2.75, 3.05) is 105 Å². The van der Waals surface area contributed by atoms with Gasteiger partial charge in [-0.25, -0.2) is 0 Å². The molecule has 4 rings (SSSR count). The average molecular weight is 958 g/mol. The average Bonchev–Trinajstić information content (AvgIpc) is 3.55. The Hall–Kier alpha value is -1.19. The van der Waals surface area contributed by atoms with Gasteiger partial charge in [0.1, 0.15) is 12.4 Å². The number of hydrogen-bond acceptors (Lipinski definition) is 10. The predicted octanol–water partition coefficient (Wildman–Crippen LogP) is 11.0. The third-order valence-corrected chi connectivity index (χ3v) is 15.4. The number of aryl methyl sites for hydroxylation is 1. The first kappa shape index (κ1) is 54.4. The zero-order valence-corrected chi connectivity index (χ0v) is 38.7. The molecule has 8 nitrogen and oxygen atoms in total. The maximum Gasteiger partial charge on any atom is 0.435 e. The first-order valence-electron chi connectivity index (χ1n) is 22.2. The summed E-state index contributed by atoms with van der Waals surface area (Å²) in [6.45, 7) is 6.97. The SMILES string of the molecule is COCC(CCCOCCSSCCCN(C)CCCOCCOc1ccc2c(c1)CCC1C2CCC2(C)C(OCCCOC(C(F)(F)F)(C(F)(F)F)C(F)(F)F)CCC12)COC. The van der Waals surface area contributed by atoms with E-state index in [4.69, 9.17) is 28.4 Å². The summed E-state index contributed by atoms with van der Waals surface area (Å²) in [4.78, 5) is 2.34. The van der Waals surface area contributed by atoms with E-state index >= 15 is 0 Å². The fourth-order valence-corrected chi connectivity index (χ4v) is 11.8. The fraction of sp³-hybridized carbons (Fsp3) is 0.864. The zero-order chi connectivity index (χ0) is 46.2. The van der Waals surface area contributed by atoms with Gasteiger partial charge in [0.2, 0.25) is 0 Å². The van der Waals surface area contributed by atoms with Crippen LogP contribution in [-0.2, 0) is 34.8 Å². The fourth-order valence-electron chi connectivity index (χ4n) is 9.85. The van der Waals surface area contributed by atoms with Crippen molar-refractivity contribution in [3.8, 4) is 5.75 Å². The van der Waals surface area contributed by atoms with Crippen molar-refractivity contribution in [2.45, 2.75) is 114 Å². The van der Waals surface area contributed by atoms with Gasteiger partial charge in [-0.15, -0.1) is 0 Å². The molecular formula is C44H68F9NO7S2. The molecule has 3 aliphatic carbocycles. The molecule has 0 radical (unpaired) electrons. The van der Waals surface area contributed by atoms with Crippen LogP contribution in [0.3, 0.4) is 0 Å². The summed E-state index contributed by atoms with van der Waals surface area (Å²) in [7, 11) is 9.34. The van der Waals surface area contributed by atoms with Gasteiger partial charge in [-0.2, -0.15) is 39.5 Å². The molecule has 2 saturated carbocycles. The molecule has 0 spiro atoms. The van der Waals surface area contributed by atoms with Gasteiger partial charge in [-0.1, -0.05) is 34.6 Å². The normalized spacial score (nSPS) is 23.0. The van der Waals surface area contributed by atoms with E-state index in [9.17, 15) is 39.5 Å². The number of hydrogen-bond donors (Lipinski definition) is 0. The van der Waals surface area contributed by atoms with E-state index < -0.39 is 37.2 Å². The Balaban J connectivity index is 1.06. The minimum absolute atomic E-state index is 0.263. The smallest absolute Gasteiger partial charge is 0.435 e. The van der Waals surface area contributed by atoms with E-state index in [0.717, 1.165) is 101 Å². The molecule has 0 saturated heterocycles. The van der Waals surface area contributed by atoms with Crippen LogP contribution in [-0.4, -0.2) is 140 Å². The van der Waals surface area contributed by atoms with Crippen LogP contribution in [0.4, 0.5) is 39.5 Å². The molecule has 0 aromatic heterocycles. The highest BCUT2D eigenvalue weighted by molar-refractivity contribution is 8.76. The summed E-state index contributed by atoms with van der Waals surface area (Å²) in [6.07, 6.45) is -11.9. The zero-order valence-electron chi connectivity index (χ0n) is 37.1. The molecule has 1 aromatic rings. The second kappa shape index (κ2) is 25.8. The first-order chi connectivity index (χ1) is 29.9. The molecule has 0 amide bonds. The molecule has 63 heavy (non-hydrogen) atoms. The minimum Gasteiger partial charge on any atom is -0.491 e. The quantitative estimate of drug-likeness (QED) is 0.0423. The third kappa shape index (κ3) is 15.2. The Morgan fingerprint density at radius 2 is 1.40 bits per heavy atom. The Labute approximate surface area is 375 Å². The molecule has 366 valence electrons. The van der Waals surface area contributed by atoms with Gasteiger partial charge in [0, 0.05) is 58.0 Å². The largest absolute Gasteiger partial charge is 0.491 e. The molecule has 2 fully saturated rings. The Morgan fingerprint density at radius 1 is 0.730 bits per heavy atom. The van der Waals surface area contributed by atoms with Crippen molar-refractivity contribution in [3.63, 3.8) is 0 Å². The van der Waals surface area contributed by atoms with Crippen LogP contribution in [0.1, 0.15) is 88.2 Å². The molecular weight excluding hydrogens is 890 g/mol. The first-order valence-corrected chi connectivity index (χ1v) is 24.7. The summed E-state index contributed by atoms with van der Waals surface area (Å²) >= 11 is 0. The Bertz CT molecular complexity index is 1420. The minimum atomic E-state index is -6.74. The van der Waals surface area contributed by atoms with E-state index in [0.29, 0.717) is 63.1 Å². The highest BCUT2D eigenvalue weighted by Crippen LogP contribution is 2.62. The molecule has 0 heterocycles. The highest BCUT2D eigenvalue weighted by Gasteiger charge is 2.85. The number of fused-ring (bicyclic) bond motifs is 5. The molecule has 5 atom stereocenters. The lowest BCUT2D eigenvalue weighted by atomic mass is 9.55. The van der Waals surface area contributed by atoms with Gasteiger partial charge in [0.25, 0.3) is 0 Å². The van der Waals surface area contributed by atoms with Crippen molar-refractivity contribution in [2.24, 2.45) is 23.2 Å². The monoisotopic (exact) mass is 957 g/mol. The molecule has 0 bridgehead atoms. The van der Waals surface area contributed by atoms with Crippen LogP contribution in [0.25, 0.3) is 0 Å². The topological polar surface area (TPSA) is 67.9 Å². The third-order valence-electron chi connectivity index (χ3n) is 12.9. The molecule has 1 aromatic carbocycles. The number of alkyl halides is 9. The Kier molecular flexibility index (Phi) is 22.3. The van der Waals surface area contributed by atoms with Crippen molar-refractivity contribution in [1.82, 2.24) is 4.90 Å². The van der Waals surface area contributed by atoms with Crippen molar-refractivity contribution >= 4 is 21.6 Å². The van der Waals surface area contributed by atoms with Crippen LogP contribution >= 0.6 is 21.6 Å². The lowest BCUT2D eigenvalue weighted by Gasteiger charge is -2.50. The number of ether oxygens (including phenoxy) is 7. The van der Waals surface area contributed by atoms with Gasteiger partial charge in [0.15, 0.2) is 0 Å².